The molecule has 0 saturated carbocycles. The van der Waals surface area contributed by atoms with Crippen molar-refractivity contribution in [3.05, 3.63) is 28.0 Å². The summed E-state index contributed by atoms with van der Waals surface area (Å²) in [4.78, 5) is -0.260. The molecule has 0 bridgehead atoms. The Morgan fingerprint density at radius 2 is 1.79 bits per heavy atom. The molecule has 1 aromatic carbocycles. The Kier molecular flexibility index (Phi) is 4.63. The lowest BCUT2D eigenvalue weighted by molar-refractivity contribution is 0.350. The molecular weight excluding hydrogens is 336 g/mol. The summed E-state index contributed by atoms with van der Waals surface area (Å²) < 4.78 is 39.6. The number of sulfonamides is 1. The minimum absolute atomic E-state index is 0.0242. The molecule has 2 rings (SSSR count). The van der Waals surface area contributed by atoms with Gasteiger partial charge in [0.25, 0.3) is 0 Å². The van der Waals surface area contributed by atoms with Crippen molar-refractivity contribution in [2.24, 2.45) is 0 Å². The molecule has 0 radical (unpaired) electrons. The fourth-order valence-corrected chi connectivity index (χ4v) is 4.30. The highest BCUT2D eigenvalue weighted by Crippen LogP contribution is 2.32. The first kappa shape index (κ1) is 15.3. The average molecular weight is 347 g/mol. The molecule has 3 nitrogen and oxygen atoms in total. The van der Waals surface area contributed by atoms with Gasteiger partial charge in [-0.25, -0.2) is 12.8 Å². The van der Waals surface area contributed by atoms with Crippen molar-refractivity contribution in [1.82, 2.24) is 4.31 Å². The molecule has 1 aliphatic rings. The van der Waals surface area contributed by atoms with Crippen molar-refractivity contribution in [3.63, 3.8) is 0 Å². The zero-order valence-corrected chi connectivity index (χ0v) is 12.8. The predicted molar refractivity (Wildman–Crippen MR) is 74.1 cm³/mol. The maximum Gasteiger partial charge on any atom is 0.244 e. The quantitative estimate of drug-likeness (QED) is 0.607. The number of halogens is 4. The van der Waals surface area contributed by atoms with E-state index in [0.29, 0.717) is 25.9 Å². The number of piperidine rings is 1. The van der Waals surface area contributed by atoms with Gasteiger partial charge in [-0.3, -0.25) is 0 Å². The fourth-order valence-electron chi connectivity index (χ4n) is 1.91. The molecule has 106 valence electrons. The minimum atomic E-state index is -3.81. The van der Waals surface area contributed by atoms with Gasteiger partial charge in [0.1, 0.15) is 4.90 Å². The van der Waals surface area contributed by atoms with E-state index in [-0.39, 0.29) is 15.3 Å². The first-order chi connectivity index (χ1) is 8.84. The number of nitrogens with zero attached hydrogens (tertiary/aromatic N) is 1. The Hall–Kier alpha value is -0.0700. The Labute approximate surface area is 126 Å². The molecule has 0 N–H and O–H groups in total. The van der Waals surface area contributed by atoms with Gasteiger partial charge in [0.15, 0.2) is 5.82 Å². The van der Waals surface area contributed by atoms with E-state index in [9.17, 15) is 12.8 Å². The molecule has 1 aromatic rings. The molecule has 0 aromatic heterocycles. The van der Waals surface area contributed by atoms with Crippen molar-refractivity contribution in [3.8, 4) is 0 Å². The fraction of sp³-hybridized carbons (Fsp3) is 0.455. The number of hydrogen-bond acceptors (Lipinski definition) is 2. The van der Waals surface area contributed by atoms with Crippen LogP contribution in [0.25, 0.3) is 0 Å². The zero-order chi connectivity index (χ0) is 14.2. The van der Waals surface area contributed by atoms with Crippen molar-refractivity contribution in [2.75, 3.05) is 13.1 Å². The van der Waals surface area contributed by atoms with Gasteiger partial charge in [-0.2, -0.15) is 4.31 Å². The maximum atomic E-state index is 13.6. The summed E-state index contributed by atoms with van der Waals surface area (Å²) >= 11 is 17.2. The average Bonchev–Trinajstić information content (AvgIpc) is 2.36. The number of alkyl halides is 1. The van der Waals surface area contributed by atoms with Gasteiger partial charge < -0.3 is 0 Å². The molecule has 1 fully saturated rings. The summed E-state index contributed by atoms with van der Waals surface area (Å²) in [6, 6.07) is 2.40. The second-order valence-electron chi connectivity index (χ2n) is 4.25. The molecule has 0 aliphatic carbocycles. The van der Waals surface area contributed by atoms with Crippen molar-refractivity contribution >= 4 is 44.8 Å². The van der Waals surface area contributed by atoms with Gasteiger partial charge in [-0.15, -0.1) is 11.6 Å². The van der Waals surface area contributed by atoms with Gasteiger partial charge in [0.05, 0.1) is 10.0 Å². The lowest BCUT2D eigenvalue weighted by Gasteiger charge is -2.28. The largest absolute Gasteiger partial charge is 0.244 e. The first-order valence-corrected chi connectivity index (χ1v) is 8.25. The van der Waals surface area contributed by atoms with E-state index >= 15 is 0 Å². The normalized spacial score (nSPS) is 18.7. The lowest BCUT2D eigenvalue weighted by atomic mass is 10.2. The van der Waals surface area contributed by atoms with Crippen LogP contribution in [0, 0.1) is 5.82 Å². The molecule has 0 spiro atoms. The summed E-state index contributed by atoms with van der Waals surface area (Å²) in [7, 11) is -3.81. The van der Waals surface area contributed by atoms with E-state index in [2.05, 4.69) is 0 Å². The van der Waals surface area contributed by atoms with Crippen LogP contribution in [-0.4, -0.2) is 31.2 Å². The van der Waals surface area contributed by atoms with E-state index in [1.165, 1.54) is 16.4 Å². The highest BCUT2D eigenvalue weighted by atomic mass is 35.5. The second kappa shape index (κ2) is 5.74. The Bertz CT molecular complexity index is 586. The van der Waals surface area contributed by atoms with Crippen LogP contribution in [0.1, 0.15) is 12.8 Å². The molecule has 1 saturated heterocycles. The molecule has 0 atom stereocenters. The van der Waals surface area contributed by atoms with E-state index in [4.69, 9.17) is 34.8 Å². The summed E-state index contributed by atoms with van der Waals surface area (Å²) in [5.74, 6) is -0.920. The van der Waals surface area contributed by atoms with Crippen molar-refractivity contribution < 1.29 is 12.8 Å². The lowest BCUT2D eigenvalue weighted by Crippen LogP contribution is -2.38. The summed E-state index contributed by atoms with van der Waals surface area (Å²) in [5.41, 5.74) is 0. The van der Waals surface area contributed by atoms with Crippen LogP contribution in [-0.2, 0) is 10.0 Å². The van der Waals surface area contributed by atoms with E-state index in [0.717, 1.165) is 0 Å². The molecule has 1 aliphatic heterocycles. The van der Waals surface area contributed by atoms with Gasteiger partial charge in [0, 0.05) is 18.5 Å². The standard InChI is InChI=1S/C11H11Cl3FNO2S/c12-7-3-5-16(6-4-7)19(17,18)9-2-1-8(13)11(15)10(9)14/h1-2,7H,3-6H2. The third kappa shape index (κ3) is 3.00. The number of hydrogen-bond donors (Lipinski definition) is 0. The van der Waals surface area contributed by atoms with Crippen LogP contribution in [0.4, 0.5) is 4.39 Å². The number of benzene rings is 1. The van der Waals surface area contributed by atoms with Gasteiger partial charge in [-0.05, 0) is 25.0 Å². The smallest absolute Gasteiger partial charge is 0.207 e. The third-order valence-corrected chi connectivity index (χ3v) is 6.15. The summed E-state index contributed by atoms with van der Waals surface area (Å²) in [6.07, 6.45) is 1.13. The topological polar surface area (TPSA) is 37.4 Å². The van der Waals surface area contributed by atoms with Gasteiger partial charge in [0.2, 0.25) is 10.0 Å². The first-order valence-electron chi connectivity index (χ1n) is 5.61. The van der Waals surface area contributed by atoms with Crippen molar-refractivity contribution in [1.29, 1.82) is 0 Å². The van der Waals surface area contributed by atoms with E-state index < -0.39 is 20.9 Å². The Balaban J connectivity index is 2.38. The zero-order valence-electron chi connectivity index (χ0n) is 9.74. The third-order valence-electron chi connectivity index (χ3n) is 3.00. The summed E-state index contributed by atoms with van der Waals surface area (Å²) in [5, 5.41) is -0.701. The predicted octanol–water partition coefficient (Wildman–Crippen LogP) is 3.52. The minimum Gasteiger partial charge on any atom is -0.207 e. The van der Waals surface area contributed by atoms with Crippen LogP contribution in [0.3, 0.4) is 0 Å². The SMILES string of the molecule is O=S(=O)(c1ccc(Cl)c(F)c1Cl)N1CCC(Cl)CC1. The molecule has 0 amide bonds. The maximum absolute atomic E-state index is 13.6. The van der Waals surface area contributed by atoms with Gasteiger partial charge >= 0.3 is 0 Å². The molecule has 1 heterocycles. The highest BCUT2D eigenvalue weighted by molar-refractivity contribution is 7.89. The second-order valence-corrected chi connectivity index (χ2v) is 7.56. The van der Waals surface area contributed by atoms with Crippen LogP contribution in [0.2, 0.25) is 10.0 Å². The molecular formula is C11H11Cl3FNO2S. The van der Waals surface area contributed by atoms with Gasteiger partial charge in [-0.1, -0.05) is 23.2 Å². The summed E-state index contributed by atoms with van der Waals surface area (Å²) in [6.45, 7) is 0.605. The Morgan fingerprint density at radius 3 is 2.37 bits per heavy atom. The van der Waals surface area contributed by atoms with Crippen LogP contribution in [0.15, 0.2) is 17.0 Å². The van der Waals surface area contributed by atoms with Crippen LogP contribution in [0.5, 0.6) is 0 Å². The molecule has 0 unspecified atom stereocenters. The molecule has 19 heavy (non-hydrogen) atoms. The van der Waals surface area contributed by atoms with Crippen molar-refractivity contribution in [2.45, 2.75) is 23.1 Å². The monoisotopic (exact) mass is 345 g/mol. The van der Waals surface area contributed by atoms with E-state index in [1.807, 2.05) is 0 Å². The number of rotatable bonds is 2. The van der Waals surface area contributed by atoms with E-state index in [1.54, 1.807) is 0 Å². The Morgan fingerprint density at radius 1 is 1.21 bits per heavy atom. The molecule has 8 heteroatoms. The van der Waals surface area contributed by atoms with Crippen LogP contribution < -0.4 is 0 Å². The van der Waals surface area contributed by atoms with Crippen LogP contribution >= 0.6 is 34.8 Å². The highest BCUT2D eigenvalue weighted by Gasteiger charge is 2.31.